The second-order valence-corrected chi connectivity index (χ2v) is 3.60. The zero-order chi connectivity index (χ0) is 14.8. The van der Waals surface area contributed by atoms with Gasteiger partial charge < -0.3 is 4.84 Å². The molecule has 0 aromatic rings. The van der Waals surface area contributed by atoms with Crippen LogP contribution < -0.4 is 5.32 Å². The Morgan fingerprint density at radius 3 is 2.21 bits per heavy atom. The zero-order valence-corrected chi connectivity index (χ0v) is 10.8. The van der Waals surface area contributed by atoms with Crippen molar-refractivity contribution in [1.82, 2.24) is 10.4 Å². The Bertz CT molecular complexity index is 363. The first kappa shape index (κ1) is 16.8. The number of carbonyl (C=O) groups excluding carboxylic acids is 5. The topological polar surface area (TPSA) is 110 Å². The van der Waals surface area contributed by atoms with Gasteiger partial charge >= 0.3 is 5.97 Å². The van der Waals surface area contributed by atoms with Gasteiger partial charge in [0.15, 0.2) is 0 Å². The quantitative estimate of drug-likeness (QED) is 0.554. The summed E-state index contributed by atoms with van der Waals surface area (Å²) in [6.07, 6.45) is 1.87. The molecule has 0 aliphatic carbocycles. The first-order valence-electron chi connectivity index (χ1n) is 5.69. The van der Waals surface area contributed by atoms with Crippen LogP contribution in [-0.4, -0.2) is 35.2 Å². The number of amides is 4. The van der Waals surface area contributed by atoms with Crippen LogP contribution in [0.4, 0.5) is 0 Å². The molecule has 0 spiro atoms. The maximum absolute atomic E-state index is 10.7. The molecule has 1 aliphatic heterocycles. The third-order valence-electron chi connectivity index (χ3n) is 1.92. The van der Waals surface area contributed by atoms with Gasteiger partial charge in [0.25, 0.3) is 11.8 Å². The lowest BCUT2D eigenvalue weighted by atomic mass is 10.3. The van der Waals surface area contributed by atoms with Gasteiger partial charge in [-0.15, -0.1) is 5.06 Å². The number of rotatable bonds is 4. The van der Waals surface area contributed by atoms with Crippen molar-refractivity contribution >= 4 is 30.1 Å². The van der Waals surface area contributed by atoms with E-state index in [1.165, 1.54) is 0 Å². The molecule has 4 amide bonds. The SMILES string of the molecule is CC(=O)ON1C(=O)CCC1=O.CCCC(=O)NC=O. The molecule has 1 rings (SSSR count). The predicted molar refractivity (Wildman–Crippen MR) is 62.0 cm³/mol. The van der Waals surface area contributed by atoms with Crippen LogP contribution in [0.25, 0.3) is 0 Å². The van der Waals surface area contributed by atoms with Crippen molar-refractivity contribution in [1.29, 1.82) is 0 Å². The monoisotopic (exact) mass is 272 g/mol. The zero-order valence-electron chi connectivity index (χ0n) is 10.8. The Kier molecular flexibility index (Phi) is 7.74. The average molecular weight is 272 g/mol. The number of hydroxylamine groups is 2. The molecule has 0 aromatic carbocycles. The minimum Gasteiger partial charge on any atom is -0.331 e. The highest BCUT2D eigenvalue weighted by molar-refractivity contribution is 6.01. The van der Waals surface area contributed by atoms with Crippen molar-refractivity contribution in [3.8, 4) is 0 Å². The third kappa shape index (κ3) is 6.92. The van der Waals surface area contributed by atoms with Crippen molar-refractivity contribution in [2.75, 3.05) is 0 Å². The fourth-order valence-electron chi connectivity index (χ4n) is 1.15. The summed E-state index contributed by atoms with van der Waals surface area (Å²) in [6, 6.07) is 0. The van der Waals surface area contributed by atoms with E-state index in [4.69, 9.17) is 0 Å². The molecule has 1 N–H and O–H groups in total. The Labute approximate surface area is 110 Å². The minimum atomic E-state index is -0.659. The first-order valence-corrected chi connectivity index (χ1v) is 5.69. The summed E-state index contributed by atoms with van der Waals surface area (Å²) < 4.78 is 0. The van der Waals surface area contributed by atoms with Gasteiger partial charge in [-0.3, -0.25) is 24.5 Å². The molecule has 0 unspecified atom stereocenters. The van der Waals surface area contributed by atoms with E-state index in [9.17, 15) is 24.0 Å². The molecule has 0 aromatic heterocycles. The van der Waals surface area contributed by atoms with E-state index in [1.807, 2.05) is 12.2 Å². The summed E-state index contributed by atoms with van der Waals surface area (Å²) in [5.74, 6) is -1.77. The van der Waals surface area contributed by atoms with Gasteiger partial charge in [0.1, 0.15) is 0 Å². The van der Waals surface area contributed by atoms with Gasteiger partial charge in [-0.25, -0.2) is 4.79 Å². The molecule has 19 heavy (non-hydrogen) atoms. The summed E-state index contributed by atoms with van der Waals surface area (Å²) in [5.41, 5.74) is 0. The number of carbonyl (C=O) groups is 5. The number of hydrogen-bond acceptors (Lipinski definition) is 6. The standard InChI is InChI=1S/C6H7NO4.C5H9NO2/c1-4(8)11-7-5(9)2-3-6(7)10;1-2-3-5(8)6-4-7/h2-3H2,1H3;4H,2-3H2,1H3,(H,6,7,8). The highest BCUT2D eigenvalue weighted by Gasteiger charge is 2.31. The fourth-order valence-corrected chi connectivity index (χ4v) is 1.15. The number of hydrogen-bond donors (Lipinski definition) is 1. The predicted octanol–water partition coefficient (Wildman–Crippen LogP) is -0.327. The van der Waals surface area contributed by atoms with Crippen LogP contribution in [0.1, 0.15) is 39.5 Å². The van der Waals surface area contributed by atoms with Gasteiger partial charge in [-0.2, -0.15) is 0 Å². The summed E-state index contributed by atoms with van der Waals surface area (Å²) in [7, 11) is 0. The van der Waals surface area contributed by atoms with Gasteiger partial charge in [-0.1, -0.05) is 6.92 Å². The highest BCUT2D eigenvalue weighted by Crippen LogP contribution is 2.11. The molecular weight excluding hydrogens is 256 g/mol. The lowest BCUT2D eigenvalue weighted by Gasteiger charge is -2.09. The largest absolute Gasteiger partial charge is 0.331 e. The average Bonchev–Trinajstić information content (AvgIpc) is 2.62. The third-order valence-corrected chi connectivity index (χ3v) is 1.92. The van der Waals surface area contributed by atoms with Gasteiger partial charge in [0.2, 0.25) is 12.3 Å². The lowest BCUT2D eigenvalue weighted by molar-refractivity contribution is -0.195. The molecule has 1 fully saturated rings. The van der Waals surface area contributed by atoms with Gasteiger partial charge in [0, 0.05) is 26.2 Å². The molecule has 8 nitrogen and oxygen atoms in total. The molecular formula is C11H16N2O6. The van der Waals surface area contributed by atoms with E-state index in [0.29, 0.717) is 17.9 Å². The number of nitrogens with zero attached hydrogens (tertiary/aromatic N) is 1. The second-order valence-electron chi connectivity index (χ2n) is 3.60. The van der Waals surface area contributed by atoms with Crippen LogP contribution in [0.3, 0.4) is 0 Å². The van der Waals surface area contributed by atoms with Crippen molar-refractivity contribution in [3.05, 3.63) is 0 Å². The Morgan fingerprint density at radius 1 is 1.32 bits per heavy atom. The van der Waals surface area contributed by atoms with Gasteiger partial charge in [0.05, 0.1) is 0 Å². The van der Waals surface area contributed by atoms with Crippen LogP contribution in [-0.2, 0) is 28.8 Å². The van der Waals surface area contributed by atoms with Crippen molar-refractivity contribution in [2.24, 2.45) is 0 Å². The maximum Gasteiger partial charge on any atom is 0.330 e. The van der Waals surface area contributed by atoms with Crippen LogP contribution in [0.5, 0.6) is 0 Å². The van der Waals surface area contributed by atoms with E-state index >= 15 is 0 Å². The van der Waals surface area contributed by atoms with E-state index in [2.05, 4.69) is 4.84 Å². The van der Waals surface area contributed by atoms with Crippen LogP contribution in [0, 0.1) is 0 Å². The Balaban J connectivity index is 0.000000362. The van der Waals surface area contributed by atoms with E-state index in [-0.39, 0.29) is 18.7 Å². The molecule has 0 radical (unpaired) electrons. The molecule has 1 saturated heterocycles. The summed E-state index contributed by atoms with van der Waals surface area (Å²) >= 11 is 0. The first-order chi connectivity index (χ1) is 8.92. The minimum absolute atomic E-state index is 0.131. The van der Waals surface area contributed by atoms with Gasteiger partial charge in [-0.05, 0) is 6.42 Å². The molecule has 0 atom stereocenters. The normalized spacial score (nSPS) is 13.5. The molecule has 0 bridgehead atoms. The Hall–Kier alpha value is -2.25. The number of nitrogens with one attached hydrogen (secondary N) is 1. The molecule has 1 aliphatic rings. The van der Waals surface area contributed by atoms with Crippen molar-refractivity contribution in [2.45, 2.75) is 39.5 Å². The lowest BCUT2D eigenvalue weighted by Crippen LogP contribution is -2.30. The van der Waals surface area contributed by atoms with Crippen molar-refractivity contribution in [3.63, 3.8) is 0 Å². The maximum atomic E-state index is 10.7. The van der Waals surface area contributed by atoms with Crippen LogP contribution >= 0.6 is 0 Å². The molecule has 1 heterocycles. The molecule has 106 valence electrons. The van der Waals surface area contributed by atoms with Crippen molar-refractivity contribution < 1.29 is 28.8 Å². The number of imide groups is 2. The highest BCUT2D eigenvalue weighted by atomic mass is 16.7. The summed E-state index contributed by atoms with van der Waals surface area (Å²) in [6.45, 7) is 3.02. The fraction of sp³-hybridized carbons (Fsp3) is 0.545. The van der Waals surface area contributed by atoms with E-state index in [1.54, 1.807) is 0 Å². The molecule has 8 heteroatoms. The Morgan fingerprint density at radius 2 is 1.84 bits per heavy atom. The summed E-state index contributed by atoms with van der Waals surface area (Å²) in [5, 5.41) is 2.54. The van der Waals surface area contributed by atoms with E-state index in [0.717, 1.165) is 13.3 Å². The van der Waals surface area contributed by atoms with Crippen LogP contribution in [0.2, 0.25) is 0 Å². The van der Waals surface area contributed by atoms with E-state index < -0.39 is 17.8 Å². The second kappa shape index (κ2) is 8.78. The molecule has 0 saturated carbocycles. The summed E-state index contributed by atoms with van der Waals surface area (Å²) in [4.78, 5) is 56.0. The smallest absolute Gasteiger partial charge is 0.330 e. The van der Waals surface area contributed by atoms with Crippen LogP contribution in [0.15, 0.2) is 0 Å².